The SMILES string of the molecule is CCC(O)C(O)SC. The highest BCUT2D eigenvalue weighted by molar-refractivity contribution is 7.99. The molecule has 0 saturated heterocycles. The first-order chi connectivity index (χ1) is 3.72. The van der Waals surface area contributed by atoms with Crippen molar-refractivity contribution in [2.75, 3.05) is 6.26 Å². The van der Waals surface area contributed by atoms with Gasteiger partial charge in [-0.2, -0.15) is 0 Å². The summed E-state index contributed by atoms with van der Waals surface area (Å²) in [7, 11) is 0. The van der Waals surface area contributed by atoms with Crippen molar-refractivity contribution >= 4 is 11.8 Å². The van der Waals surface area contributed by atoms with Crippen LogP contribution >= 0.6 is 11.8 Å². The molecule has 0 saturated carbocycles. The summed E-state index contributed by atoms with van der Waals surface area (Å²) in [4.78, 5) is 0. The van der Waals surface area contributed by atoms with E-state index in [4.69, 9.17) is 10.2 Å². The van der Waals surface area contributed by atoms with E-state index in [0.29, 0.717) is 6.42 Å². The topological polar surface area (TPSA) is 40.5 Å². The van der Waals surface area contributed by atoms with Gasteiger partial charge in [-0.15, -0.1) is 11.8 Å². The zero-order chi connectivity index (χ0) is 6.57. The summed E-state index contributed by atoms with van der Waals surface area (Å²) in [5, 5.41) is 17.7. The molecule has 0 spiro atoms. The molecule has 8 heavy (non-hydrogen) atoms. The van der Waals surface area contributed by atoms with Crippen LogP contribution in [0.2, 0.25) is 0 Å². The van der Waals surface area contributed by atoms with Crippen LogP contribution in [0.1, 0.15) is 13.3 Å². The van der Waals surface area contributed by atoms with Gasteiger partial charge in [-0.3, -0.25) is 0 Å². The first kappa shape index (κ1) is 8.27. The van der Waals surface area contributed by atoms with E-state index >= 15 is 0 Å². The fourth-order valence-corrected chi connectivity index (χ4v) is 0.865. The number of hydrogen-bond donors (Lipinski definition) is 2. The summed E-state index contributed by atoms with van der Waals surface area (Å²) >= 11 is 1.26. The summed E-state index contributed by atoms with van der Waals surface area (Å²) in [6.07, 6.45) is 1.82. The lowest BCUT2D eigenvalue weighted by atomic mass is 10.3. The summed E-state index contributed by atoms with van der Waals surface area (Å²) in [6, 6.07) is 0. The highest BCUT2D eigenvalue weighted by atomic mass is 32.2. The Morgan fingerprint density at radius 1 is 1.50 bits per heavy atom. The Morgan fingerprint density at radius 3 is 2.12 bits per heavy atom. The number of aliphatic hydroxyl groups is 2. The number of aliphatic hydroxyl groups excluding tert-OH is 2. The lowest BCUT2D eigenvalue weighted by Crippen LogP contribution is -2.20. The molecule has 3 heteroatoms. The van der Waals surface area contributed by atoms with E-state index in [2.05, 4.69) is 0 Å². The Morgan fingerprint density at radius 2 is 2.00 bits per heavy atom. The quantitative estimate of drug-likeness (QED) is 0.553. The summed E-state index contributed by atoms with van der Waals surface area (Å²) < 4.78 is 0. The molecule has 0 bridgehead atoms. The Hall–Kier alpha value is 0.270. The van der Waals surface area contributed by atoms with Crippen molar-refractivity contribution in [3.8, 4) is 0 Å². The first-order valence-electron chi connectivity index (χ1n) is 2.61. The highest BCUT2D eigenvalue weighted by Crippen LogP contribution is 2.09. The van der Waals surface area contributed by atoms with Crippen LogP contribution in [0.25, 0.3) is 0 Å². The summed E-state index contributed by atoms with van der Waals surface area (Å²) in [6.45, 7) is 1.84. The fourth-order valence-electron chi connectivity index (χ4n) is 0.359. The Bertz CT molecular complexity index is 50.4. The lowest BCUT2D eigenvalue weighted by molar-refractivity contribution is 0.0711. The molecule has 0 fully saturated rings. The Labute approximate surface area is 53.9 Å². The van der Waals surface area contributed by atoms with Gasteiger partial charge in [0, 0.05) is 0 Å². The van der Waals surface area contributed by atoms with Crippen molar-refractivity contribution in [2.24, 2.45) is 0 Å². The molecule has 50 valence electrons. The maximum Gasteiger partial charge on any atom is 0.125 e. The van der Waals surface area contributed by atoms with Gasteiger partial charge in [0.15, 0.2) is 0 Å². The van der Waals surface area contributed by atoms with Crippen LogP contribution in [0.4, 0.5) is 0 Å². The Kier molecular flexibility index (Phi) is 4.32. The molecule has 0 aromatic carbocycles. The minimum absolute atomic E-state index is 0.565. The van der Waals surface area contributed by atoms with Gasteiger partial charge in [0.1, 0.15) is 5.44 Å². The minimum Gasteiger partial charge on any atom is -0.390 e. The van der Waals surface area contributed by atoms with Crippen molar-refractivity contribution in [1.29, 1.82) is 0 Å². The predicted molar refractivity (Wildman–Crippen MR) is 35.8 cm³/mol. The maximum atomic E-state index is 8.86. The van der Waals surface area contributed by atoms with E-state index in [1.165, 1.54) is 11.8 Å². The van der Waals surface area contributed by atoms with E-state index in [9.17, 15) is 0 Å². The van der Waals surface area contributed by atoms with Gasteiger partial charge in [-0.05, 0) is 12.7 Å². The third-order valence-corrected chi connectivity index (χ3v) is 1.79. The normalized spacial score (nSPS) is 18.0. The monoisotopic (exact) mass is 136 g/mol. The van der Waals surface area contributed by atoms with Crippen LogP contribution in [-0.4, -0.2) is 28.0 Å². The van der Waals surface area contributed by atoms with Gasteiger partial charge in [0.05, 0.1) is 6.10 Å². The van der Waals surface area contributed by atoms with Crippen LogP contribution in [0.3, 0.4) is 0 Å². The van der Waals surface area contributed by atoms with Crippen LogP contribution in [0.15, 0.2) is 0 Å². The zero-order valence-electron chi connectivity index (χ0n) is 5.16. The van der Waals surface area contributed by atoms with Crippen LogP contribution in [0.5, 0.6) is 0 Å². The second kappa shape index (κ2) is 4.18. The van der Waals surface area contributed by atoms with Crippen molar-refractivity contribution in [3.05, 3.63) is 0 Å². The summed E-state index contributed by atoms with van der Waals surface area (Å²) in [5.74, 6) is 0. The smallest absolute Gasteiger partial charge is 0.125 e. The van der Waals surface area contributed by atoms with E-state index in [1.54, 1.807) is 6.26 Å². The van der Waals surface area contributed by atoms with Gasteiger partial charge in [-0.1, -0.05) is 6.92 Å². The molecular weight excluding hydrogens is 124 g/mol. The van der Waals surface area contributed by atoms with E-state index in [-0.39, 0.29) is 0 Å². The van der Waals surface area contributed by atoms with E-state index < -0.39 is 11.5 Å². The molecule has 0 radical (unpaired) electrons. The number of thioether (sulfide) groups is 1. The number of hydrogen-bond acceptors (Lipinski definition) is 3. The second-order valence-electron chi connectivity index (χ2n) is 1.60. The highest BCUT2D eigenvalue weighted by Gasteiger charge is 2.10. The molecule has 0 amide bonds. The lowest BCUT2D eigenvalue weighted by Gasteiger charge is -2.11. The molecule has 0 rings (SSSR count). The maximum absolute atomic E-state index is 8.86. The average molecular weight is 136 g/mol. The molecule has 0 aliphatic rings. The van der Waals surface area contributed by atoms with Crippen LogP contribution in [-0.2, 0) is 0 Å². The molecule has 2 nitrogen and oxygen atoms in total. The average Bonchev–Trinajstić information content (AvgIpc) is 1.84. The molecule has 2 N–H and O–H groups in total. The third-order valence-electron chi connectivity index (χ3n) is 0.989. The fraction of sp³-hybridized carbons (Fsp3) is 1.00. The molecular formula is C5H12O2S. The third kappa shape index (κ3) is 2.55. The van der Waals surface area contributed by atoms with E-state index in [0.717, 1.165) is 0 Å². The molecule has 0 aromatic rings. The van der Waals surface area contributed by atoms with Gasteiger partial charge < -0.3 is 10.2 Å². The van der Waals surface area contributed by atoms with Crippen LogP contribution in [0, 0.1) is 0 Å². The van der Waals surface area contributed by atoms with Crippen LogP contribution < -0.4 is 0 Å². The number of rotatable bonds is 3. The van der Waals surface area contributed by atoms with Crippen molar-refractivity contribution in [3.63, 3.8) is 0 Å². The van der Waals surface area contributed by atoms with Crippen molar-refractivity contribution in [1.82, 2.24) is 0 Å². The molecule has 2 atom stereocenters. The van der Waals surface area contributed by atoms with Gasteiger partial charge >= 0.3 is 0 Å². The van der Waals surface area contributed by atoms with E-state index in [1.807, 2.05) is 6.92 Å². The molecule has 0 aliphatic carbocycles. The molecule has 2 unspecified atom stereocenters. The first-order valence-corrected chi connectivity index (χ1v) is 3.90. The standard InChI is InChI=1S/C5H12O2S/c1-3-4(6)5(7)8-2/h4-7H,3H2,1-2H3. The van der Waals surface area contributed by atoms with Crippen molar-refractivity contribution in [2.45, 2.75) is 24.9 Å². The second-order valence-corrected chi connectivity index (χ2v) is 2.56. The van der Waals surface area contributed by atoms with Gasteiger partial charge in [0.2, 0.25) is 0 Å². The van der Waals surface area contributed by atoms with Crippen molar-refractivity contribution < 1.29 is 10.2 Å². The van der Waals surface area contributed by atoms with Gasteiger partial charge in [0.25, 0.3) is 0 Å². The predicted octanol–water partition coefficient (Wildman–Crippen LogP) is 0.439. The minimum atomic E-state index is -0.611. The summed E-state index contributed by atoms with van der Waals surface area (Å²) in [5.41, 5.74) is -0.611. The molecule has 0 aliphatic heterocycles. The molecule has 0 heterocycles. The molecule has 0 aromatic heterocycles. The van der Waals surface area contributed by atoms with Gasteiger partial charge in [-0.25, -0.2) is 0 Å². The largest absolute Gasteiger partial charge is 0.390 e. The Balaban J connectivity index is 3.29. The zero-order valence-corrected chi connectivity index (χ0v) is 5.98.